The molecule has 1 aromatic carbocycles. The molecule has 2 N–H and O–H groups in total. The van der Waals surface area contributed by atoms with Crippen LogP contribution in [0.15, 0.2) is 41.0 Å². The average molecular weight is 384 g/mol. The molecule has 0 aliphatic heterocycles. The van der Waals surface area contributed by atoms with Crippen molar-refractivity contribution >= 4 is 40.7 Å². The third-order valence-electron chi connectivity index (χ3n) is 3.38. The van der Waals surface area contributed by atoms with Crippen molar-refractivity contribution < 1.29 is 14.0 Å². The first-order chi connectivity index (χ1) is 11.8. The molecule has 8 heteroatoms. The van der Waals surface area contributed by atoms with Gasteiger partial charge < -0.3 is 15.1 Å². The number of hydrogen-bond acceptors (Lipinski definition) is 4. The van der Waals surface area contributed by atoms with E-state index >= 15 is 0 Å². The summed E-state index contributed by atoms with van der Waals surface area (Å²) in [6.07, 6.45) is 1.55. The monoisotopic (exact) mass is 383 g/mol. The van der Waals surface area contributed by atoms with E-state index in [9.17, 15) is 9.59 Å². The Hall–Kier alpha value is -2.02. The second-order valence-electron chi connectivity index (χ2n) is 5.65. The Morgan fingerprint density at radius 1 is 1.16 bits per heavy atom. The number of halogens is 2. The molecular formula is C17H19Cl2N3O3. The number of benzene rings is 1. The highest BCUT2D eigenvalue weighted by Crippen LogP contribution is 2.24. The molecule has 0 saturated heterocycles. The zero-order valence-corrected chi connectivity index (χ0v) is 15.4. The number of carbonyl (C=O) groups is 2. The van der Waals surface area contributed by atoms with Gasteiger partial charge in [0.1, 0.15) is 5.76 Å². The zero-order valence-electron chi connectivity index (χ0n) is 13.9. The van der Waals surface area contributed by atoms with Crippen LogP contribution in [0.5, 0.6) is 0 Å². The fourth-order valence-electron chi connectivity index (χ4n) is 2.22. The van der Waals surface area contributed by atoms with E-state index in [1.165, 1.54) is 0 Å². The van der Waals surface area contributed by atoms with E-state index in [2.05, 4.69) is 10.6 Å². The van der Waals surface area contributed by atoms with E-state index < -0.39 is 0 Å². The number of rotatable bonds is 7. The Morgan fingerprint density at radius 2 is 1.88 bits per heavy atom. The summed E-state index contributed by atoms with van der Waals surface area (Å²) in [4.78, 5) is 25.7. The second-order valence-corrected chi connectivity index (χ2v) is 6.47. The minimum atomic E-state index is -0.257. The Morgan fingerprint density at radius 3 is 2.52 bits per heavy atom. The molecule has 25 heavy (non-hydrogen) atoms. The smallest absolute Gasteiger partial charge is 0.238 e. The van der Waals surface area contributed by atoms with Gasteiger partial charge >= 0.3 is 0 Å². The van der Waals surface area contributed by atoms with E-state index in [1.54, 1.807) is 48.5 Å². The maximum absolute atomic E-state index is 12.0. The quantitative estimate of drug-likeness (QED) is 0.768. The Bertz CT molecular complexity index is 735. The number of amides is 2. The van der Waals surface area contributed by atoms with Crippen LogP contribution < -0.4 is 10.6 Å². The molecule has 1 aromatic heterocycles. The van der Waals surface area contributed by atoms with Crippen LogP contribution in [0.3, 0.4) is 0 Å². The summed E-state index contributed by atoms with van der Waals surface area (Å²) < 4.78 is 5.24. The van der Waals surface area contributed by atoms with Crippen LogP contribution in [0.1, 0.15) is 18.7 Å². The molecule has 2 rings (SSSR count). The second kappa shape index (κ2) is 8.89. The number of nitrogens with zero attached hydrogens (tertiary/aromatic N) is 1. The van der Waals surface area contributed by atoms with Gasteiger partial charge in [-0.3, -0.25) is 14.5 Å². The van der Waals surface area contributed by atoms with Gasteiger partial charge in [0.2, 0.25) is 11.8 Å². The summed E-state index contributed by atoms with van der Waals surface area (Å²) in [5.41, 5.74) is 0.545. The van der Waals surface area contributed by atoms with Crippen LogP contribution in [0.25, 0.3) is 0 Å². The van der Waals surface area contributed by atoms with Crippen molar-refractivity contribution in [2.45, 2.75) is 13.0 Å². The third kappa shape index (κ3) is 6.08. The van der Waals surface area contributed by atoms with Crippen molar-refractivity contribution in [3.8, 4) is 0 Å². The molecule has 0 spiro atoms. The summed E-state index contributed by atoms with van der Waals surface area (Å²) >= 11 is 11.7. The summed E-state index contributed by atoms with van der Waals surface area (Å²) in [6, 6.07) is 8.15. The summed E-state index contributed by atoms with van der Waals surface area (Å²) in [5.74, 6) is 0.217. The predicted molar refractivity (Wildman–Crippen MR) is 97.9 cm³/mol. The van der Waals surface area contributed by atoms with Gasteiger partial charge in [0.25, 0.3) is 0 Å². The molecule has 0 aliphatic rings. The molecule has 6 nitrogen and oxygen atoms in total. The van der Waals surface area contributed by atoms with Gasteiger partial charge in [0.05, 0.1) is 35.4 Å². The average Bonchev–Trinajstić information content (AvgIpc) is 3.04. The number of anilines is 1. The van der Waals surface area contributed by atoms with Gasteiger partial charge in [-0.1, -0.05) is 23.2 Å². The van der Waals surface area contributed by atoms with Crippen molar-refractivity contribution in [1.29, 1.82) is 0 Å². The Kier molecular flexibility index (Phi) is 6.87. The van der Waals surface area contributed by atoms with Crippen molar-refractivity contribution in [3.63, 3.8) is 0 Å². The molecular weight excluding hydrogens is 365 g/mol. The number of nitrogens with one attached hydrogen (secondary N) is 2. The highest BCUT2D eigenvalue weighted by molar-refractivity contribution is 6.42. The maximum Gasteiger partial charge on any atom is 0.238 e. The van der Waals surface area contributed by atoms with Gasteiger partial charge in [0.15, 0.2) is 0 Å². The first kappa shape index (κ1) is 19.3. The first-order valence-corrected chi connectivity index (χ1v) is 8.37. The van der Waals surface area contributed by atoms with Crippen LogP contribution >= 0.6 is 23.2 Å². The van der Waals surface area contributed by atoms with Crippen molar-refractivity contribution in [3.05, 3.63) is 52.4 Å². The van der Waals surface area contributed by atoms with E-state index in [0.29, 0.717) is 21.5 Å². The number of hydrogen-bond donors (Lipinski definition) is 2. The molecule has 0 saturated carbocycles. The lowest BCUT2D eigenvalue weighted by atomic mass is 10.2. The maximum atomic E-state index is 12.0. The van der Waals surface area contributed by atoms with Crippen LogP contribution in [-0.2, 0) is 9.59 Å². The molecule has 2 aromatic rings. The molecule has 2 amide bonds. The highest BCUT2D eigenvalue weighted by Gasteiger charge is 2.15. The Labute approximate surface area is 156 Å². The minimum absolute atomic E-state index is 0.0583. The van der Waals surface area contributed by atoms with Crippen LogP contribution in [0, 0.1) is 0 Å². The molecule has 0 fully saturated rings. The van der Waals surface area contributed by atoms with Gasteiger partial charge in [-0.2, -0.15) is 0 Å². The van der Waals surface area contributed by atoms with E-state index in [-0.39, 0.29) is 30.9 Å². The highest BCUT2D eigenvalue weighted by atomic mass is 35.5. The first-order valence-electron chi connectivity index (χ1n) is 7.61. The van der Waals surface area contributed by atoms with Crippen LogP contribution in [0.2, 0.25) is 10.0 Å². The molecule has 0 aliphatic carbocycles. The fourth-order valence-corrected chi connectivity index (χ4v) is 2.51. The van der Waals surface area contributed by atoms with Gasteiger partial charge in [-0.25, -0.2) is 0 Å². The fraction of sp³-hybridized carbons (Fsp3) is 0.294. The molecule has 0 radical (unpaired) electrons. The minimum Gasteiger partial charge on any atom is -0.467 e. The molecule has 134 valence electrons. The standard InChI is InChI=1S/C17H19Cl2N3O3/c1-11(15-4-3-7-25-15)20-16(23)9-22(2)10-17(24)21-12-5-6-13(18)14(19)8-12/h3-8,11H,9-10H2,1-2H3,(H,20,23)(H,21,24)/t11-/m0/s1. The molecule has 1 heterocycles. The van der Waals surface area contributed by atoms with Crippen molar-refractivity contribution in [1.82, 2.24) is 10.2 Å². The topological polar surface area (TPSA) is 74.6 Å². The lowest BCUT2D eigenvalue weighted by molar-refractivity contribution is -0.123. The number of furan rings is 1. The molecule has 0 bridgehead atoms. The number of carbonyl (C=O) groups excluding carboxylic acids is 2. The lowest BCUT2D eigenvalue weighted by Crippen LogP contribution is -2.39. The summed E-state index contributed by atoms with van der Waals surface area (Å²) in [7, 11) is 1.69. The summed E-state index contributed by atoms with van der Waals surface area (Å²) in [5, 5.41) is 6.29. The van der Waals surface area contributed by atoms with Crippen LogP contribution in [0.4, 0.5) is 5.69 Å². The third-order valence-corrected chi connectivity index (χ3v) is 4.12. The van der Waals surface area contributed by atoms with E-state index in [4.69, 9.17) is 27.6 Å². The predicted octanol–water partition coefficient (Wildman–Crippen LogP) is 3.33. The van der Waals surface area contributed by atoms with Gasteiger partial charge in [0, 0.05) is 5.69 Å². The Balaban J connectivity index is 1.78. The SMILES string of the molecule is C[C@H](NC(=O)CN(C)CC(=O)Nc1ccc(Cl)c(Cl)c1)c1ccco1. The van der Waals surface area contributed by atoms with Crippen LogP contribution in [-0.4, -0.2) is 36.9 Å². The van der Waals surface area contributed by atoms with E-state index in [0.717, 1.165) is 0 Å². The molecule has 1 atom stereocenters. The van der Waals surface area contributed by atoms with Crippen molar-refractivity contribution in [2.24, 2.45) is 0 Å². The normalized spacial score (nSPS) is 12.0. The van der Waals surface area contributed by atoms with Crippen molar-refractivity contribution in [2.75, 3.05) is 25.5 Å². The van der Waals surface area contributed by atoms with Gasteiger partial charge in [-0.05, 0) is 44.3 Å². The van der Waals surface area contributed by atoms with Gasteiger partial charge in [-0.15, -0.1) is 0 Å². The summed E-state index contributed by atoms with van der Waals surface area (Å²) in [6.45, 7) is 1.97. The number of likely N-dealkylation sites (N-methyl/N-ethyl adjacent to an activating group) is 1. The lowest BCUT2D eigenvalue weighted by Gasteiger charge is -2.18. The molecule has 0 unspecified atom stereocenters. The van der Waals surface area contributed by atoms with E-state index in [1.807, 2.05) is 6.92 Å². The zero-order chi connectivity index (χ0) is 18.4. The largest absolute Gasteiger partial charge is 0.467 e.